The summed E-state index contributed by atoms with van der Waals surface area (Å²) in [6, 6.07) is 5.17. The highest BCUT2D eigenvalue weighted by Crippen LogP contribution is 2.28. The molecule has 18 heavy (non-hydrogen) atoms. The molecule has 0 saturated heterocycles. The average molecular weight is 314 g/mol. The predicted octanol–water partition coefficient (Wildman–Crippen LogP) is 3.93. The van der Waals surface area contributed by atoms with Crippen LogP contribution in [0.5, 0.6) is 0 Å². The summed E-state index contributed by atoms with van der Waals surface area (Å²) in [6.07, 6.45) is 4.04. The van der Waals surface area contributed by atoms with E-state index < -0.39 is 0 Å². The monoisotopic (exact) mass is 313 g/mol. The van der Waals surface area contributed by atoms with Crippen LogP contribution in [0.25, 0.3) is 0 Å². The Bertz CT molecular complexity index is 447. The van der Waals surface area contributed by atoms with Gasteiger partial charge in [0.15, 0.2) is 0 Å². The number of hydrogen-bond acceptors (Lipinski definition) is 2. The van der Waals surface area contributed by atoms with E-state index >= 15 is 0 Å². The van der Waals surface area contributed by atoms with Gasteiger partial charge in [-0.2, -0.15) is 0 Å². The first-order chi connectivity index (χ1) is 8.72. The lowest BCUT2D eigenvalue weighted by atomic mass is 10.0. The maximum Gasteiger partial charge on any atom is 0.137 e. The molecule has 0 spiro atoms. The van der Waals surface area contributed by atoms with Gasteiger partial charge in [0.25, 0.3) is 0 Å². The molecule has 1 aromatic carbocycles. The van der Waals surface area contributed by atoms with Gasteiger partial charge in [-0.3, -0.25) is 0 Å². The molecule has 0 radical (unpaired) electrons. The fraction of sp³-hybridized carbons (Fsp3) is 0.429. The zero-order valence-electron chi connectivity index (χ0n) is 10.4. The molecule has 0 saturated carbocycles. The third-order valence-electron chi connectivity index (χ3n) is 2.89. The zero-order valence-corrected chi connectivity index (χ0v) is 12.0. The summed E-state index contributed by atoms with van der Waals surface area (Å²) in [6.45, 7) is 3.71. The third kappa shape index (κ3) is 3.12. The Kier molecular flexibility index (Phi) is 4.78. The molecule has 1 atom stereocenters. The van der Waals surface area contributed by atoms with E-state index in [4.69, 9.17) is 4.74 Å². The van der Waals surface area contributed by atoms with Crippen LogP contribution in [0.2, 0.25) is 0 Å². The van der Waals surface area contributed by atoms with Gasteiger partial charge >= 0.3 is 0 Å². The number of benzene rings is 1. The first kappa shape index (κ1) is 13.6. The second-order valence-electron chi connectivity index (χ2n) is 4.30. The summed E-state index contributed by atoms with van der Waals surface area (Å²) in [7, 11) is 0. The van der Waals surface area contributed by atoms with Crippen molar-refractivity contribution < 1.29 is 9.13 Å². The largest absolute Gasteiger partial charge is 0.496 e. The number of hydrogen-bond donors (Lipinski definition) is 1. The second kappa shape index (κ2) is 6.34. The topological polar surface area (TPSA) is 21.3 Å². The van der Waals surface area contributed by atoms with Crippen LogP contribution in [0.4, 0.5) is 4.39 Å². The maximum atomic E-state index is 13.6. The van der Waals surface area contributed by atoms with Crippen molar-refractivity contribution in [2.24, 2.45) is 0 Å². The minimum Gasteiger partial charge on any atom is -0.496 e. The van der Waals surface area contributed by atoms with Crippen LogP contribution < -0.4 is 5.32 Å². The van der Waals surface area contributed by atoms with Crippen LogP contribution in [0, 0.1) is 5.82 Å². The summed E-state index contributed by atoms with van der Waals surface area (Å²) < 4.78 is 19.7. The van der Waals surface area contributed by atoms with E-state index in [-0.39, 0.29) is 11.9 Å². The zero-order chi connectivity index (χ0) is 13.0. The molecule has 0 amide bonds. The van der Waals surface area contributed by atoms with Crippen molar-refractivity contribution in [1.82, 2.24) is 5.32 Å². The van der Waals surface area contributed by atoms with Gasteiger partial charge in [-0.1, -0.05) is 13.0 Å². The molecule has 0 aliphatic carbocycles. The highest BCUT2D eigenvalue weighted by molar-refractivity contribution is 9.10. The molecular formula is C14H17BrFNO. The molecule has 98 valence electrons. The smallest absolute Gasteiger partial charge is 0.137 e. The molecule has 4 heteroatoms. The number of rotatable bonds is 5. The quantitative estimate of drug-likeness (QED) is 0.889. The van der Waals surface area contributed by atoms with Crippen LogP contribution >= 0.6 is 15.9 Å². The van der Waals surface area contributed by atoms with Crippen molar-refractivity contribution >= 4 is 15.9 Å². The van der Waals surface area contributed by atoms with Gasteiger partial charge in [0.2, 0.25) is 0 Å². The Balaban J connectivity index is 2.23. The van der Waals surface area contributed by atoms with Crippen molar-refractivity contribution in [2.45, 2.75) is 25.8 Å². The van der Waals surface area contributed by atoms with Crippen LogP contribution in [-0.2, 0) is 4.74 Å². The fourth-order valence-electron chi connectivity index (χ4n) is 2.00. The lowest BCUT2D eigenvalue weighted by molar-refractivity contribution is 0.215. The van der Waals surface area contributed by atoms with E-state index in [0.717, 1.165) is 37.3 Å². The van der Waals surface area contributed by atoms with E-state index in [1.54, 1.807) is 12.1 Å². The Morgan fingerprint density at radius 2 is 2.33 bits per heavy atom. The van der Waals surface area contributed by atoms with E-state index in [9.17, 15) is 4.39 Å². The summed E-state index contributed by atoms with van der Waals surface area (Å²) in [4.78, 5) is 0. The van der Waals surface area contributed by atoms with Crippen molar-refractivity contribution in [3.05, 3.63) is 45.9 Å². The molecule has 0 bridgehead atoms. The van der Waals surface area contributed by atoms with Gasteiger partial charge in [0.05, 0.1) is 17.1 Å². The first-order valence-electron chi connectivity index (χ1n) is 6.23. The normalized spacial score (nSPS) is 16.3. The number of nitrogens with one attached hydrogen (secondary N) is 1. The highest BCUT2D eigenvalue weighted by atomic mass is 79.9. The predicted molar refractivity (Wildman–Crippen MR) is 73.8 cm³/mol. The van der Waals surface area contributed by atoms with Crippen LogP contribution in [0.15, 0.2) is 34.5 Å². The van der Waals surface area contributed by atoms with E-state index in [1.165, 1.54) is 0 Å². The lowest BCUT2D eigenvalue weighted by Crippen LogP contribution is -2.24. The van der Waals surface area contributed by atoms with Crippen molar-refractivity contribution in [2.75, 3.05) is 13.2 Å². The Morgan fingerprint density at radius 1 is 1.50 bits per heavy atom. The van der Waals surface area contributed by atoms with Crippen LogP contribution in [0.3, 0.4) is 0 Å². The van der Waals surface area contributed by atoms with Gasteiger partial charge in [-0.15, -0.1) is 0 Å². The molecule has 1 aliphatic heterocycles. The van der Waals surface area contributed by atoms with Crippen molar-refractivity contribution in [3.63, 3.8) is 0 Å². The molecule has 0 fully saturated rings. The molecule has 0 aromatic heterocycles. The molecule has 1 aliphatic rings. The lowest BCUT2D eigenvalue weighted by Gasteiger charge is -2.20. The third-order valence-corrected chi connectivity index (χ3v) is 3.54. The summed E-state index contributed by atoms with van der Waals surface area (Å²) in [5, 5.41) is 3.40. The van der Waals surface area contributed by atoms with Crippen molar-refractivity contribution in [1.29, 1.82) is 0 Å². The summed E-state index contributed by atoms with van der Waals surface area (Å²) >= 11 is 3.17. The average Bonchev–Trinajstić information content (AvgIpc) is 2.88. The van der Waals surface area contributed by atoms with Gasteiger partial charge < -0.3 is 10.1 Å². The SMILES string of the molecule is CCCNC(C1=CCCO1)c1ccc(Br)c(F)c1. The summed E-state index contributed by atoms with van der Waals surface area (Å²) in [5.74, 6) is 0.666. The molecule has 2 nitrogen and oxygen atoms in total. The van der Waals surface area contributed by atoms with Crippen LogP contribution in [0.1, 0.15) is 31.4 Å². The van der Waals surface area contributed by atoms with E-state index in [2.05, 4.69) is 34.2 Å². The fourth-order valence-corrected chi connectivity index (χ4v) is 2.25. The maximum absolute atomic E-state index is 13.6. The number of ether oxygens (including phenoxy) is 1. The van der Waals surface area contributed by atoms with E-state index in [1.807, 2.05) is 6.07 Å². The standard InChI is InChI=1S/C14H17BrFNO/c1-2-7-17-14(13-4-3-8-18-13)10-5-6-11(15)12(16)9-10/h4-6,9,14,17H,2-3,7-8H2,1H3. The summed E-state index contributed by atoms with van der Waals surface area (Å²) in [5.41, 5.74) is 0.900. The second-order valence-corrected chi connectivity index (χ2v) is 5.16. The highest BCUT2D eigenvalue weighted by Gasteiger charge is 2.20. The Morgan fingerprint density at radius 3 is 2.94 bits per heavy atom. The van der Waals surface area contributed by atoms with Gasteiger partial charge in [0, 0.05) is 6.42 Å². The molecule has 2 rings (SSSR count). The minimum atomic E-state index is -0.241. The van der Waals surface area contributed by atoms with Gasteiger partial charge in [-0.25, -0.2) is 4.39 Å². The molecule has 1 heterocycles. The molecule has 1 N–H and O–H groups in total. The molecular weight excluding hydrogens is 297 g/mol. The van der Waals surface area contributed by atoms with Gasteiger partial charge in [0.1, 0.15) is 11.6 Å². The van der Waals surface area contributed by atoms with E-state index in [0.29, 0.717) is 4.47 Å². The number of halogens is 2. The molecule has 1 unspecified atom stereocenters. The first-order valence-corrected chi connectivity index (χ1v) is 7.03. The Hall–Kier alpha value is -0.870. The Labute approximate surface area is 115 Å². The molecule has 1 aromatic rings. The minimum absolute atomic E-state index is 0.0463. The van der Waals surface area contributed by atoms with Crippen molar-refractivity contribution in [3.8, 4) is 0 Å². The van der Waals surface area contributed by atoms with Crippen LogP contribution in [-0.4, -0.2) is 13.2 Å². The van der Waals surface area contributed by atoms with Gasteiger partial charge in [-0.05, 0) is 52.7 Å².